The molecule has 0 heterocycles. The Morgan fingerprint density at radius 2 is 2.18 bits per heavy atom. The molecule has 1 N–H and O–H groups in total. The third kappa shape index (κ3) is 4.75. The Morgan fingerprint density at radius 1 is 1.47 bits per heavy atom. The lowest BCUT2D eigenvalue weighted by molar-refractivity contribution is -0.109. The van der Waals surface area contributed by atoms with Gasteiger partial charge >= 0.3 is 5.97 Å². The summed E-state index contributed by atoms with van der Waals surface area (Å²) < 4.78 is 0.724. The molecule has 0 bridgehead atoms. The van der Waals surface area contributed by atoms with Gasteiger partial charge in [-0.2, -0.15) is 0 Å². The van der Waals surface area contributed by atoms with Crippen LogP contribution in [0.5, 0.6) is 0 Å². The Morgan fingerprint density at radius 3 is 2.71 bits per heavy atom. The van der Waals surface area contributed by atoms with Crippen LogP contribution in [-0.2, 0) is 4.79 Å². The Balaban J connectivity index is 2.72. The van der Waals surface area contributed by atoms with E-state index >= 15 is 0 Å². The second-order valence-corrected chi connectivity index (χ2v) is 5.30. The van der Waals surface area contributed by atoms with Gasteiger partial charge < -0.3 is 5.11 Å². The van der Waals surface area contributed by atoms with E-state index in [1.807, 2.05) is 12.2 Å². The van der Waals surface area contributed by atoms with Gasteiger partial charge in [0.15, 0.2) is 5.12 Å². The van der Waals surface area contributed by atoms with Crippen molar-refractivity contribution < 1.29 is 14.7 Å². The van der Waals surface area contributed by atoms with Crippen molar-refractivity contribution >= 4 is 44.9 Å². The van der Waals surface area contributed by atoms with E-state index in [0.717, 1.165) is 10.0 Å². The molecule has 0 saturated heterocycles. The number of halogens is 1. The first-order valence-corrected chi connectivity index (χ1v) is 6.61. The highest BCUT2D eigenvalue weighted by Crippen LogP contribution is 2.20. The van der Waals surface area contributed by atoms with E-state index in [9.17, 15) is 9.59 Å². The minimum Gasteiger partial charge on any atom is -0.478 e. The lowest BCUT2D eigenvalue weighted by atomic mass is 10.1. The van der Waals surface area contributed by atoms with Crippen molar-refractivity contribution in [3.8, 4) is 0 Å². The maximum Gasteiger partial charge on any atom is 0.335 e. The number of carbonyl (C=O) groups is 2. The predicted molar refractivity (Wildman–Crippen MR) is 73.3 cm³/mol. The van der Waals surface area contributed by atoms with Crippen molar-refractivity contribution in [1.29, 1.82) is 0 Å². The Kier molecular flexibility index (Phi) is 5.44. The molecule has 3 nitrogen and oxygen atoms in total. The highest BCUT2D eigenvalue weighted by atomic mass is 79.9. The summed E-state index contributed by atoms with van der Waals surface area (Å²) in [6, 6.07) is 4.83. The summed E-state index contributed by atoms with van der Waals surface area (Å²) in [4.78, 5) is 21.4. The molecule has 90 valence electrons. The SMILES string of the molecule is CC(=O)SCC=Cc1ccc(C(=O)O)cc1Br. The van der Waals surface area contributed by atoms with Crippen LogP contribution in [0.1, 0.15) is 22.8 Å². The van der Waals surface area contributed by atoms with Gasteiger partial charge in [-0.05, 0) is 17.7 Å². The Labute approximate surface area is 112 Å². The first kappa shape index (κ1) is 14.0. The van der Waals surface area contributed by atoms with Crippen molar-refractivity contribution in [2.24, 2.45) is 0 Å². The van der Waals surface area contributed by atoms with Crippen LogP contribution in [0.25, 0.3) is 6.08 Å². The molecule has 0 aliphatic heterocycles. The largest absolute Gasteiger partial charge is 0.478 e. The first-order chi connectivity index (χ1) is 8.00. The molecule has 0 atom stereocenters. The molecule has 0 unspecified atom stereocenters. The number of carbonyl (C=O) groups excluding carboxylic acids is 1. The summed E-state index contributed by atoms with van der Waals surface area (Å²) in [5.41, 5.74) is 1.13. The second kappa shape index (κ2) is 6.61. The van der Waals surface area contributed by atoms with Gasteiger partial charge in [0.25, 0.3) is 0 Å². The number of rotatable bonds is 4. The normalized spacial score (nSPS) is 10.7. The lowest BCUT2D eigenvalue weighted by Crippen LogP contribution is -1.95. The minimum absolute atomic E-state index is 0.0786. The minimum atomic E-state index is -0.951. The monoisotopic (exact) mass is 314 g/mol. The topological polar surface area (TPSA) is 54.4 Å². The van der Waals surface area contributed by atoms with Crippen LogP contribution in [0.15, 0.2) is 28.7 Å². The van der Waals surface area contributed by atoms with Crippen LogP contribution in [0, 0.1) is 0 Å². The average Bonchev–Trinajstić information content (AvgIpc) is 2.25. The van der Waals surface area contributed by atoms with Gasteiger partial charge in [-0.3, -0.25) is 4.79 Å². The van der Waals surface area contributed by atoms with Crippen molar-refractivity contribution in [2.75, 3.05) is 5.75 Å². The van der Waals surface area contributed by atoms with E-state index < -0.39 is 5.97 Å². The van der Waals surface area contributed by atoms with Crippen LogP contribution >= 0.6 is 27.7 Å². The summed E-state index contributed by atoms with van der Waals surface area (Å²) in [5.74, 6) is -0.337. The maximum atomic E-state index is 10.7. The predicted octanol–water partition coefficient (Wildman–Crippen LogP) is 3.44. The van der Waals surface area contributed by atoms with E-state index in [1.54, 1.807) is 18.2 Å². The van der Waals surface area contributed by atoms with E-state index in [4.69, 9.17) is 5.11 Å². The van der Waals surface area contributed by atoms with Gasteiger partial charge in [-0.15, -0.1) is 0 Å². The quantitative estimate of drug-likeness (QED) is 0.925. The smallest absolute Gasteiger partial charge is 0.335 e. The number of hydrogen-bond acceptors (Lipinski definition) is 3. The summed E-state index contributed by atoms with van der Waals surface area (Å²) in [7, 11) is 0. The first-order valence-electron chi connectivity index (χ1n) is 4.83. The lowest BCUT2D eigenvalue weighted by Gasteiger charge is -2.00. The summed E-state index contributed by atoms with van der Waals surface area (Å²) in [6.45, 7) is 1.52. The molecule has 1 aromatic carbocycles. The van der Waals surface area contributed by atoms with Crippen LogP contribution < -0.4 is 0 Å². The van der Waals surface area contributed by atoms with Gasteiger partial charge in [0.05, 0.1) is 5.56 Å². The Bertz CT molecular complexity index is 469. The van der Waals surface area contributed by atoms with Gasteiger partial charge in [0, 0.05) is 17.1 Å². The van der Waals surface area contributed by atoms with Crippen molar-refractivity contribution in [3.05, 3.63) is 39.9 Å². The molecule has 0 amide bonds. The fourth-order valence-electron chi connectivity index (χ4n) is 1.14. The molecule has 0 radical (unpaired) electrons. The molecule has 0 aromatic heterocycles. The molecule has 0 aliphatic carbocycles. The number of benzene rings is 1. The molecule has 0 saturated carbocycles. The number of thioether (sulfide) groups is 1. The molecule has 5 heteroatoms. The summed E-state index contributed by atoms with van der Waals surface area (Å²) in [5, 5.41) is 8.87. The van der Waals surface area contributed by atoms with E-state index in [1.165, 1.54) is 18.7 Å². The van der Waals surface area contributed by atoms with Crippen molar-refractivity contribution in [2.45, 2.75) is 6.92 Å². The zero-order valence-corrected chi connectivity index (χ0v) is 11.5. The van der Waals surface area contributed by atoms with Gasteiger partial charge in [-0.25, -0.2) is 4.79 Å². The zero-order valence-electron chi connectivity index (χ0n) is 9.14. The number of carboxylic acid groups (broad SMARTS) is 1. The summed E-state index contributed by atoms with van der Waals surface area (Å²) >= 11 is 4.54. The van der Waals surface area contributed by atoms with Crippen LogP contribution in [0.4, 0.5) is 0 Å². The summed E-state index contributed by atoms with van der Waals surface area (Å²) in [6.07, 6.45) is 3.72. The molecule has 1 rings (SSSR count). The number of aromatic carboxylic acids is 1. The van der Waals surface area contributed by atoms with Crippen LogP contribution in [-0.4, -0.2) is 21.9 Å². The third-order valence-corrected chi connectivity index (χ3v) is 3.38. The zero-order chi connectivity index (χ0) is 12.8. The Hall–Kier alpha value is -1.07. The maximum absolute atomic E-state index is 10.7. The number of carboxylic acids is 1. The fraction of sp³-hybridized carbons (Fsp3) is 0.167. The highest BCUT2D eigenvalue weighted by Gasteiger charge is 2.04. The van der Waals surface area contributed by atoms with Gasteiger partial charge in [0.1, 0.15) is 0 Å². The average molecular weight is 315 g/mol. The van der Waals surface area contributed by atoms with E-state index in [-0.39, 0.29) is 10.7 Å². The molecule has 1 aromatic rings. The molecule has 0 aliphatic rings. The molecule has 0 fully saturated rings. The van der Waals surface area contributed by atoms with E-state index in [2.05, 4.69) is 15.9 Å². The molecular formula is C12H11BrO3S. The van der Waals surface area contributed by atoms with Gasteiger partial charge in [0.2, 0.25) is 0 Å². The highest BCUT2D eigenvalue weighted by molar-refractivity contribution is 9.10. The fourth-order valence-corrected chi connectivity index (χ4v) is 2.07. The van der Waals surface area contributed by atoms with Crippen LogP contribution in [0.3, 0.4) is 0 Å². The molecule has 17 heavy (non-hydrogen) atoms. The van der Waals surface area contributed by atoms with E-state index in [0.29, 0.717) is 5.75 Å². The number of hydrogen-bond donors (Lipinski definition) is 1. The standard InChI is InChI=1S/C12H11BrO3S/c1-8(14)17-6-2-3-9-4-5-10(12(15)16)7-11(9)13/h2-5,7H,6H2,1H3,(H,15,16). The molecular weight excluding hydrogens is 304 g/mol. The van der Waals surface area contributed by atoms with Crippen LogP contribution in [0.2, 0.25) is 0 Å². The second-order valence-electron chi connectivity index (χ2n) is 3.25. The van der Waals surface area contributed by atoms with Crippen molar-refractivity contribution in [3.63, 3.8) is 0 Å². The van der Waals surface area contributed by atoms with Crippen molar-refractivity contribution in [1.82, 2.24) is 0 Å². The third-order valence-electron chi connectivity index (χ3n) is 1.93. The molecule has 0 spiro atoms. The van der Waals surface area contributed by atoms with Gasteiger partial charge in [-0.1, -0.05) is 45.9 Å².